The summed E-state index contributed by atoms with van der Waals surface area (Å²) in [4.78, 5) is 43.1. The van der Waals surface area contributed by atoms with E-state index in [4.69, 9.17) is 9.84 Å². The molecule has 3 amide bonds. The molecule has 3 saturated heterocycles. The van der Waals surface area contributed by atoms with Crippen molar-refractivity contribution in [2.24, 2.45) is 11.8 Å². The average molecular weight is 532 g/mol. The number of aliphatic hydroxyl groups excluding tert-OH is 1. The Morgan fingerprint density at radius 1 is 1.14 bits per heavy atom. The Bertz CT molecular complexity index is 1000. The van der Waals surface area contributed by atoms with Crippen molar-refractivity contribution in [1.29, 1.82) is 0 Å². The number of hydrogen-bond donors (Lipinski definition) is 3. The van der Waals surface area contributed by atoms with Crippen LogP contribution in [0.15, 0.2) is 24.3 Å². The van der Waals surface area contributed by atoms with Gasteiger partial charge in [-0.15, -0.1) is 11.8 Å². The molecule has 0 aromatic heterocycles. The molecule has 1 aromatic carbocycles. The molecule has 1 aromatic rings. The average Bonchev–Trinajstić information content (AvgIpc) is 3.40. The lowest BCUT2D eigenvalue weighted by atomic mass is 9.66. The van der Waals surface area contributed by atoms with E-state index in [1.54, 1.807) is 16.7 Å². The lowest BCUT2D eigenvalue weighted by molar-refractivity contribution is -0.139. The Labute approximate surface area is 224 Å². The van der Waals surface area contributed by atoms with Gasteiger partial charge in [0.25, 0.3) is 0 Å². The summed E-state index contributed by atoms with van der Waals surface area (Å²) in [6.07, 6.45) is 4.81. The van der Waals surface area contributed by atoms with Gasteiger partial charge in [-0.25, -0.2) is 0 Å². The smallest absolute Gasteiger partial charge is 0.244 e. The van der Waals surface area contributed by atoms with Gasteiger partial charge in [0.15, 0.2) is 0 Å². The van der Waals surface area contributed by atoms with Crippen molar-refractivity contribution in [3.05, 3.63) is 24.3 Å². The number of fused-ring (bicyclic) bond motifs is 1. The van der Waals surface area contributed by atoms with E-state index in [1.807, 2.05) is 45.0 Å². The van der Waals surface area contributed by atoms with Crippen LogP contribution in [0.3, 0.4) is 0 Å². The highest BCUT2D eigenvalue weighted by molar-refractivity contribution is 8.02. The van der Waals surface area contributed by atoms with Gasteiger partial charge in [0.05, 0.1) is 23.2 Å². The second kappa shape index (κ2) is 11.2. The number of benzene rings is 1. The number of rotatable bonds is 12. The normalized spacial score (nSPS) is 30.1. The van der Waals surface area contributed by atoms with Gasteiger partial charge in [0, 0.05) is 29.6 Å². The van der Waals surface area contributed by atoms with Crippen LogP contribution in [0.4, 0.5) is 5.69 Å². The van der Waals surface area contributed by atoms with Gasteiger partial charge in [-0.1, -0.05) is 12.8 Å². The van der Waals surface area contributed by atoms with E-state index in [9.17, 15) is 14.4 Å². The fourth-order valence-corrected chi connectivity index (χ4v) is 8.86. The predicted octanol–water partition coefficient (Wildman–Crippen LogP) is 3.58. The molecule has 2 unspecified atom stereocenters. The number of likely N-dealkylation sites (tertiary alicyclic amines) is 1. The standard InChI is InChI=1S/C28H41N3O5S/c1-5-36-20-12-10-19(11-13-20)30-24(33)21-22-26(35)31(16-8-6-7-9-17-32)23(25(34)29-18(2)3)28(22)15-14-27(21,4)37-28/h10-13,18,21-23,32H,5-9,14-17H2,1-4H3,(H,29,34)(H,30,33)/t21-,22+,23?,27+,28?/m1/s1. The maximum Gasteiger partial charge on any atom is 0.244 e. The van der Waals surface area contributed by atoms with Gasteiger partial charge in [-0.2, -0.15) is 0 Å². The van der Waals surface area contributed by atoms with Gasteiger partial charge in [0.2, 0.25) is 17.7 Å². The first-order valence-electron chi connectivity index (χ1n) is 13.6. The zero-order valence-corrected chi connectivity index (χ0v) is 23.2. The number of nitrogens with zero attached hydrogens (tertiary/aromatic N) is 1. The quantitative estimate of drug-likeness (QED) is 0.356. The third kappa shape index (κ3) is 5.21. The van der Waals surface area contributed by atoms with Crippen molar-refractivity contribution in [2.75, 3.05) is 25.1 Å². The van der Waals surface area contributed by atoms with E-state index >= 15 is 0 Å². The van der Waals surface area contributed by atoms with Crippen LogP contribution in [0.1, 0.15) is 66.2 Å². The number of ether oxygens (including phenoxy) is 1. The highest BCUT2D eigenvalue weighted by Gasteiger charge is 2.77. The third-order valence-corrected chi connectivity index (χ3v) is 9.96. The highest BCUT2D eigenvalue weighted by Crippen LogP contribution is 2.71. The van der Waals surface area contributed by atoms with Crippen LogP contribution < -0.4 is 15.4 Å². The minimum atomic E-state index is -0.600. The summed E-state index contributed by atoms with van der Waals surface area (Å²) in [5, 5.41) is 15.2. The molecule has 37 heavy (non-hydrogen) atoms. The summed E-state index contributed by atoms with van der Waals surface area (Å²) >= 11 is 1.69. The van der Waals surface area contributed by atoms with Crippen LogP contribution in [-0.2, 0) is 14.4 Å². The topological polar surface area (TPSA) is 108 Å². The van der Waals surface area contributed by atoms with Crippen LogP contribution in [0.2, 0.25) is 0 Å². The highest BCUT2D eigenvalue weighted by atomic mass is 32.2. The molecule has 5 atom stereocenters. The van der Waals surface area contributed by atoms with Crippen molar-refractivity contribution in [2.45, 2.75) is 87.8 Å². The van der Waals surface area contributed by atoms with Gasteiger partial charge < -0.3 is 25.4 Å². The van der Waals surface area contributed by atoms with Gasteiger partial charge in [-0.05, 0) is 77.6 Å². The first kappa shape index (κ1) is 27.8. The minimum Gasteiger partial charge on any atom is -0.494 e. The Morgan fingerprint density at radius 3 is 2.49 bits per heavy atom. The molecular formula is C28H41N3O5S. The lowest BCUT2D eigenvalue weighted by Crippen LogP contribution is -2.54. The minimum absolute atomic E-state index is 0.0394. The van der Waals surface area contributed by atoms with E-state index in [-0.39, 0.29) is 30.4 Å². The molecule has 3 fully saturated rings. The zero-order valence-electron chi connectivity index (χ0n) is 22.4. The van der Waals surface area contributed by atoms with E-state index in [0.717, 1.165) is 44.3 Å². The fourth-order valence-electron chi connectivity index (χ4n) is 6.50. The van der Waals surface area contributed by atoms with E-state index in [2.05, 4.69) is 17.6 Å². The first-order chi connectivity index (χ1) is 17.7. The van der Waals surface area contributed by atoms with Crippen molar-refractivity contribution < 1.29 is 24.2 Å². The summed E-state index contributed by atoms with van der Waals surface area (Å²) in [5.41, 5.74) is 0.666. The number of nitrogens with one attached hydrogen (secondary N) is 2. The Hall–Kier alpha value is -2.26. The summed E-state index contributed by atoms with van der Waals surface area (Å²) in [6.45, 7) is 9.07. The lowest BCUT2D eigenvalue weighted by Gasteiger charge is -2.35. The van der Waals surface area contributed by atoms with Crippen molar-refractivity contribution in [3.8, 4) is 5.75 Å². The van der Waals surface area contributed by atoms with E-state index in [0.29, 0.717) is 18.8 Å². The molecule has 3 aliphatic heterocycles. The van der Waals surface area contributed by atoms with Crippen LogP contribution >= 0.6 is 11.8 Å². The Kier molecular flexibility index (Phi) is 8.43. The molecule has 0 radical (unpaired) electrons. The van der Waals surface area contributed by atoms with Gasteiger partial charge >= 0.3 is 0 Å². The number of thioether (sulfide) groups is 1. The number of amides is 3. The van der Waals surface area contributed by atoms with Crippen LogP contribution in [-0.4, -0.2) is 69.1 Å². The van der Waals surface area contributed by atoms with Crippen molar-refractivity contribution in [1.82, 2.24) is 10.2 Å². The molecule has 204 valence electrons. The monoisotopic (exact) mass is 531 g/mol. The number of carbonyl (C=O) groups is 3. The number of anilines is 1. The summed E-state index contributed by atoms with van der Waals surface area (Å²) in [6, 6.07) is 6.65. The molecule has 0 aliphatic carbocycles. The van der Waals surface area contributed by atoms with Crippen LogP contribution in [0.5, 0.6) is 5.75 Å². The molecule has 1 spiro atoms. The molecule has 3 N–H and O–H groups in total. The molecule has 8 nitrogen and oxygen atoms in total. The van der Waals surface area contributed by atoms with E-state index < -0.39 is 27.4 Å². The maximum atomic E-state index is 14.0. The number of aliphatic hydroxyl groups is 1. The summed E-state index contributed by atoms with van der Waals surface area (Å²) in [5.74, 6) is -0.661. The van der Waals surface area contributed by atoms with Crippen LogP contribution in [0, 0.1) is 11.8 Å². The summed E-state index contributed by atoms with van der Waals surface area (Å²) < 4.78 is 4.50. The number of hydrogen-bond acceptors (Lipinski definition) is 6. The molecule has 4 rings (SSSR count). The first-order valence-corrected chi connectivity index (χ1v) is 14.4. The molecule has 3 aliphatic rings. The Morgan fingerprint density at radius 2 is 1.84 bits per heavy atom. The maximum absolute atomic E-state index is 14.0. The van der Waals surface area contributed by atoms with Crippen molar-refractivity contribution in [3.63, 3.8) is 0 Å². The largest absolute Gasteiger partial charge is 0.494 e. The van der Waals surface area contributed by atoms with Crippen LogP contribution in [0.25, 0.3) is 0 Å². The SMILES string of the molecule is CCOc1ccc(NC(=O)[C@H]2[C@H]3C(=O)N(CCCCCCO)C(C(=O)NC(C)C)C34CC[C@]2(C)S4)cc1. The van der Waals surface area contributed by atoms with Crippen molar-refractivity contribution >= 4 is 35.2 Å². The second-order valence-corrected chi connectivity index (χ2v) is 12.9. The number of unbranched alkanes of at least 4 members (excludes halogenated alkanes) is 3. The molecular weight excluding hydrogens is 490 g/mol. The second-order valence-electron chi connectivity index (χ2n) is 11.0. The third-order valence-electron chi connectivity index (χ3n) is 7.98. The van der Waals surface area contributed by atoms with E-state index in [1.165, 1.54) is 0 Å². The summed E-state index contributed by atoms with van der Waals surface area (Å²) in [7, 11) is 0. The van der Waals surface area contributed by atoms with Gasteiger partial charge in [0.1, 0.15) is 11.8 Å². The molecule has 9 heteroatoms. The predicted molar refractivity (Wildman–Crippen MR) is 146 cm³/mol. The Balaban J connectivity index is 1.59. The fraction of sp³-hybridized carbons (Fsp3) is 0.679. The van der Waals surface area contributed by atoms with Gasteiger partial charge in [-0.3, -0.25) is 14.4 Å². The molecule has 2 bridgehead atoms. The molecule has 3 heterocycles. The number of carbonyl (C=O) groups excluding carboxylic acids is 3. The zero-order chi connectivity index (χ0) is 26.8. The molecule has 0 saturated carbocycles.